The standard InChI is InChI=1S/C30H47N3O9S/c1-19(34)33-25-23(35)17-30(29(39)40-2,41-14-6-15-43-16-13-31)42-27(25)26(37)24(36)18-32-28(38)22-11-9-21(10-12-22)20-7-4-3-5-8-20/h9-12,20,23-27,35-37H,3-8,13-18,31H2,1-2H3,(H,32,38)(H,33,34)/t23-,24-,25-,26-,27?,30-/m1/s1. The number of hydrogen-bond acceptors (Lipinski definition) is 11. The van der Waals surface area contributed by atoms with Crippen LogP contribution in [0.25, 0.3) is 0 Å². The van der Waals surface area contributed by atoms with Gasteiger partial charge in [-0.05, 0) is 48.6 Å². The molecule has 43 heavy (non-hydrogen) atoms. The van der Waals surface area contributed by atoms with Gasteiger partial charge in [-0.2, -0.15) is 11.8 Å². The predicted molar refractivity (Wildman–Crippen MR) is 161 cm³/mol. The summed E-state index contributed by atoms with van der Waals surface area (Å²) in [4.78, 5) is 37.6. The van der Waals surface area contributed by atoms with Gasteiger partial charge in [0.2, 0.25) is 5.91 Å². The number of benzene rings is 1. The van der Waals surface area contributed by atoms with Crippen LogP contribution in [0, 0.1) is 0 Å². The minimum absolute atomic E-state index is 0.0746. The van der Waals surface area contributed by atoms with E-state index in [1.807, 2.05) is 12.1 Å². The molecule has 1 aromatic carbocycles. The lowest BCUT2D eigenvalue weighted by Gasteiger charge is -2.47. The summed E-state index contributed by atoms with van der Waals surface area (Å²) in [6.45, 7) is 1.47. The van der Waals surface area contributed by atoms with Gasteiger partial charge in [-0.1, -0.05) is 31.4 Å². The minimum atomic E-state index is -2.09. The Morgan fingerprint density at radius 1 is 1.14 bits per heavy atom. The maximum Gasteiger partial charge on any atom is 0.366 e. The van der Waals surface area contributed by atoms with Gasteiger partial charge >= 0.3 is 5.97 Å². The van der Waals surface area contributed by atoms with Crippen molar-refractivity contribution in [3.63, 3.8) is 0 Å². The monoisotopic (exact) mass is 625 g/mol. The summed E-state index contributed by atoms with van der Waals surface area (Å²) in [6, 6.07) is 6.20. The van der Waals surface area contributed by atoms with Crippen molar-refractivity contribution in [2.45, 2.75) is 94.0 Å². The molecule has 0 bridgehead atoms. The molecular weight excluding hydrogens is 578 g/mol. The molecular formula is C30H47N3O9S. The largest absolute Gasteiger partial charge is 0.465 e. The maximum absolute atomic E-state index is 12.9. The smallest absolute Gasteiger partial charge is 0.366 e. The van der Waals surface area contributed by atoms with Gasteiger partial charge in [0.05, 0.1) is 32.0 Å². The molecule has 2 fully saturated rings. The van der Waals surface area contributed by atoms with E-state index in [-0.39, 0.29) is 19.6 Å². The van der Waals surface area contributed by atoms with Crippen molar-refractivity contribution in [1.82, 2.24) is 10.6 Å². The number of hydrogen-bond donors (Lipinski definition) is 6. The fourth-order valence-corrected chi connectivity index (χ4v) is 6.35. The summed E-state index contributed by atoms with van der Waals surface area (Å²) in [7, 11) is 1.14. The Morgan fingerprint density at radius 3 is 2.47 bits per heavy atom. The molecule has 1 aliphatic carbocycles. The number of carbonyl (C=O) groups excluding carboxylic acids is 3. The van der Waals surface area contributed by atoms with Crippen molar-refractivity contribution in [3.8, 4) is 0 Å². The van der Waals surface area contributed by atoms with Gasteiger partial charge in [0, 0.05) is 37.8 Å². The number of nitrogens with two attached hydrogens (primary N) is 1. The molecule has 0 radical (unpaired) electrons. The van der Waals surface area contributed by atoms with Crippen LogP contribution in [-0.4, -0.2) is 108 Å². The summed E-state index contributed by atoms with van der Waals surface area (Å²) >= 11 is 1.62. The van der Waals surface area contributed by atoms with Crippen LogP contribution in [0.15, 0.2) is 24.3 Å². The summed E-state index contributed by atoms with van der Waals surface area (Å²) in [6.07, 6.45) is -0.0899. The number of thioether (sulfide) groups is 1. The molecule has 1 saturated heterocycles. The van der Waals surface area contributed by atoms with E-state index in [1.54, 1.807) is 23.9 Å². The van der Waals surface area contributed by atoms with E-state index in [4.69, 9.17) is 19.9 Å². The fourth-order valence-electron chi connectivity index (χ4n) is 5.66. The van der Waals surface area contributed by atoms with Crippen molar-refractivity contribution >= 4 is 29.5 Å². The average molecular weight is 626 g/mol. The van der Waals surface area contributed by atoms with E-state index in [9.17, 15) is 29.7 Å². The molecule has 0 spiro atoms. The van der Waals surface area contributed by atoms with Crippen LogP contribution < -0.4 is 16.4 Å². The van der Waals surface area contributed by atoms with Crippen molar-refractivity contribution in [1.29, 1.82) is 0 Å². The average Bonchev–Trinajstić information content (AvgIpc) is 3.02. The van der Waals surface area contributed by atoms with Crippen molar-refractivity contribution in [3.05, 3.63) is 35.4 Å². The van der Waals surface area contributed by atoms with Gasteiger partial charge in [-0.25, -0.2) is 4.79 Å². The molecule has 242 valence electrons. The molecule has 13 heteroatoms. The zero-order valence-corrected chi connectivity index (χ0v) is 25.9. The second-order valence-electron chi connectivity index (χ2n) is 11.2. The number of aliphatic hydroxyl groups is 3. The second kappa shape index (κ2) is 17.3. The molecule has 1 heterocycles. The van der Waals surface area contributed by atoms with Crippen molar-refractivity contribution < 1.29 is 43.9 Å². The lowest BCUT2D eigenvalue weighted by atomic mass is 9.84. The molecule has 12 nitrogen and oxygen atoms in total. The highest BCUT2D eigenvalue weighted by atomic mass is 32.2. The molecule has 1 aliphatic heterocycles. The number of ether oxygens (including phenoxy) is 3. The Hall–Kier alpha value is -2.26. The highest BCUT2D eigenvalue weighted by molar-refractivity contribution is 7.99. The van der Waals surface area contributed by atoms with Gasteiger partial charge < -0.3 is 45.9 Å². The highest BCUT2D eigenvalue weighted by Gasteiger charge is 2.56. The summed E-state index contributed by atoms with van der Waals surface area (Å²) in [5, 5.41) is 38.2. The van der Waals surface area contributed by atoms with Gasteiger partial charge in [-0.3, -0.25) is 9.59 Å². The Balaban J connectivity index is 1.67. The Labute approximate surface area is 257 Å². The lowest BCUT2D eigenvalue weighted by Crippen LogP contribution is -2.68. The lowest BCUT2D eigenvalue weighted by molar-refractivity contribution is -0.311. The normalized spacial score (nSPS) is 25.9. The van der Waals surface area contributed by atoms with Crippen LogP contribution in [0.1, 0.15) is 73.7 Å². The molecule has 0 aromatic heterocycles. The van der Waals surface area contributed by atoms with E-state index >= 15 is 0 Å². The zero-order valence-electron chi connectivity index (χ0n) is 25.0. The number of aliphatic hydroxyl groups excluding tert-OH is 3. The quantitative estimate of drug-likeness (QED) is 0.119. The van der Waals surface area contributed by atoms with Gasteiger partial charge in [0.1, 0.15) is 12.2 Å². The van der Waals surface area contributed by atoms with Crippen LogP contribution in [0.2, 0.25) is 0 Å². The predicted octanol–water partition coefficient (Wildman–Crippen LogP) is 0.808. The van der Waals surface area contributed by atoms with Crippen molar-refractivity contribution in [2.75, 3.05) is 38.3 Å². The molecule has 2 amide bonds. The number of carbonyl (C=O) groups is 3. The number of amides is 2. The summed E-state index contributed by atoms with van der Waals surface area (Å²) in [5.41, 5.74) is 7.12. The van der Waals surface area contributed by atoms with E-state index in [1.165, 1.54) is 31.7 Å². The molecule has 1 aromatic rings. The second-order valence-corrected chi connectivity index (χ2v) is 12.4. The first kappa shape index (κ1) is 35.2. The van der Waals surface area contributed by atoms with Gasteiger partial charge in [-0.15, -0.1) is 0 Å². The first-order chi connectivity index (χ1) is 20.6. The van der Waals surface area contributed by atoms with Crippen molar-refractivity contribution in [2.24, 2.45) is 5.73 Å². The fraction of sp³-hybridized carbons (Fsp3) is 0.700. The van der Waals surface area contributed by atoms with Crippen LogP contribution in [0.5, 0.6) is 0 Å². The maximum atomic E-state index is 12.9. The van der Waals surface area contributed by atoms with E-state index in [0.717, 1.165) is 25.7 Å². The van der Waals surface area contributed by atoms with Crippen LogP contribution >= 0.6 is 11.8 Å². The third-order valence-corrected chi connectivity index (χ3v) is 9.02. The third kappa shape index (κ3) is 9.87. The molecule has 6 atom stereocenters. The third-order valence-electron chi connectivity index (χ3n) is 7.92. The van der Waals surface area contributed by atoms with Gasteiger partial charge in [0.25, 0.3) is 11.7 Å². The number of nitrogens with one attached hydrogen (secondary N) is 2. The summed E-state index contributed by atoms with van der Waals surface area (Å²) < 4.78 is 16.7. The Kier molecular flexibility index (Phi) is 14.2. The summed E-state index contributed by atoms with van der Waals surface area (Å²) in [5.74, 6) is -2.00. The van der Waals surface area contributed by atoms with E-state index in [0.29, 0.717) is 30.2 Å². The van der Waals surface area contributed by atoms with E-state index < -0.39 is 54.0 Å². The van der Waals surface area contributed by atoms with Crippen LogP contribution in [0.3, 0.4) is 0 Å². The number of methoxy groups -OCH3 is 1. The molecule has 3 rings (SSSR count). The van der Waals surface area contributed by atoms with Crippen LogP contribution in [-0.2, 0) is 23.8 Å². The number of esters is 1. The molecule has 2 aliphatic rings. The topological polar surface area (TPSA) is 190 Å². The molecule has 1 unspecified atom stereocenters. The molecule has 1 saturated carbocycles. The molecule has 7 N–H and O–H groups in total. The zero-order chi connectivity index (χ0) is 31.4. The SMILES string of the molecule is COC(=O)[C@@]1(OCCCSCCN)C[C@@H](O)[C@@H](NC(C)=O)C([C@H](O)[C@H](O)CNC(=O)c2ccc(C3CCCCC3)cc2)O1. The van der Waals surface area contributed by atoms with Crippen LogP contribution in [0.4, 0.5) is 0 Å². The Morgan fingerprint density at radius 2 is 1.84 bits per heavy atom. The minimum Gasteiger partial charge on any atom is -0.465 e. The first-order valence-electron chi connectivity index (χ1n) is 15.0. The number of rotatable bonds is 15. The first-order valence-corrected chi connectivity index (χ1v) is 16.1. The van der Waals surface area contributed by atoms with E-state index in [2.05, 4.69) is 10.6 Å². The highest BCUT2D eigenvalue weighted by Crippen LogP contribution is 2.35. The Bertz CT molecular complexity index is 1040. The van der Waals surface area contributed by atoms with Gasteiger partial charge in [0.15, 0.2) is 0 Å².